The molecule has 106 valence electrons. The summed E-state index contributed by atoms with van der Waals surface area (Å²) in [7, 11) is 1.33. The number of piperidine rings is 1. The maximum atomic E-state index is 11.3. The first-order chi connectivity index (χ1) is 9.56. The average Bonchev–Trinajstić information content (AvgIpc) is 2.48. The van der Waals surface area contributed by atoms with Gasteiger partial charge in [0.05, 0.1) is 30.8 Å². The van der Waals surface area contributed by atoms with Crippen molar-refractivity contribution >= 4 is 11.7 Å². The molecule has 5 nitrogen and oxygen atoms in total. The van der Waals surface area contributed by atoms with Gasteiger partial charge >= 0.3 is 5.97 Å². The van der Waals surface area contributed by atoms with E-state index in [1.54, 1.807) is 12.1 Å². The van der Waals surface area contributed by atoms with Crippen molar-refractivity contribution in [2.24, 2.45) is 0 Å². The van der Waals surface area contributed by atoms with Gasteiger partial charge in [-0.05, 0) is 37.1 Å². The smallest absolute Gasteiger partial charge is 0.308 e. The summed E-state index contributed by atoms with van der Waals surface area (Å²) >= 11 is 0. The fraction of sp³-hybridized carbons (Fsp3) is 0.467. The molecular weight excluding hydrogens is 256 g/mol. The van der Waals surface area contributed by atoms with Gasteiger partial charge in [0, 0.05) is 18.8 Å². The van der Waals surface area contributed by atoms with E-state index in [0.717, 1.165) is 5.69 Å². The molecule has 1 saturated heterocycles. The SMILES string of the molecule is COC(=O)CC1(O)CCN(c2ccc(C#N)cc2)CC1. The molecule has 0 saturated carbocycles. The Hall–Kier alpha value is -2.06. The van der Waals surface area contributed by atoms with Gasteiger partial charge in [-0.3, -0.25) is 4.79 Å². The van der Waals surface area contributed by atoms with E-state index in [1.807, 2.05) is 12.1 Å². The molecule has 0 spiro atoms. The van der Waals surface area contributed by atoms with E-state index in [1.165, 1.54) is 7.11 Å². The molecule has 20 heavy (non-hydrogen) atoms. The minimum Gasteiger partial charge on any atom is -0.469 e. The Kier molecular flexibility index (Phi) is 4.26. The van der Waals surface area contributed by atoms with Crippen molar-refractivity contribution in [1.82, 2.24) is 0 Å². The number of hydrogen-bond acceptors (Lipinski definition) is 5. The third-order valence-corrected chi connectivity index (χ3v) is 3.76. The van der Waals surface area contributed by atoms with Crippen LogP contribution in [-0.4, -0.2) is 36.9 Å². The first-order valence-electron chi connectivity index (χ1n) is 6.61. The molecule has 0 amide bonds. The predicted octanol–water partition coefficient (Wildman–Crippen LogP) is 1.45. The molecule has 1 aromatic carbocycles. The van der Waals surface area contributed by atoms with E-state index in [2.05, 4.69) is 15.7 Å². The van der Waals surface area contributed by atoms with E-state index < -0.39 is 5.60 Å². The fourth-order valence-electron chi connectivity index (χ4n) is 2.45. The molecule has 0 aromatic heterocycles. The van der Waals surface area contributed by atoms with Crippen LogP contribution in [0.2, 0.25) is 0 Å². The van der Waals surface area contributed by atoms with Crippen LogP contribution in [-0.2, 0) is 9.53 Å². The van der Waals surface area contributed by atoms with Gasteiger partial charge in [-0.2, -0.15) is 5.26 Å². The second kappa shape index (κ2) is 5.93. The summed E-state index contributed by atoms with van der Waals surface area (Å²) in [5.74, 6) is -0.376. The third kappa shape index (κ3) is 3.28. The normalized spacial score (nSPS) is 17.4. The molecule has 0 radical (unpaired) electrons. The number of hydrogen-bond donors (Lipinski definition) is 1. The highest BCUT2D eigenvalue weighted by Crippen LogP contribution is 2.29. The van der Waals surface area contributed by atoms with Crippen LogP contribution < -0.4 is 4.90 Å². The number of nitrogens with zero attached hydrogens (tertiary/aromatic N) is 2. The molecule has 0 bridgehead atoms. The van der Waals surface area contributed by atoms with Gasteiger partial charge in [0.1, 0.15) is 0 Å². The highest BCUT2D eigenvalue weighted by molar-refractivity contribution is 5.70. The Balaban J connectivity index is 1.96. The molecule has 1 heterocycles. The number of benzene rings is 1. The van der Waals surface area contributed by atoms with Crippen LogP contribution in [0.1, 0.15) is 24.8 Å². The van der Waals surface area contributed by atoms with Crippen LogP contribution in [0.15, 0.2) is 24.3 Å². The maximum absolute atomic E-state index is 11.3. The fourth-order valence-corrected chi connectivity index (χ4v) is 2.45. The Bertz CT molecular complexity index is 511. The van der Waals surface area contributed by atoms with Gasteiger partial charge in [-0.15, -0.1) is 0 Å². The molecule has 0 aliphatic carbocycles. The van der Waals surface area contributed by atoms with Crippen LogP contribution in [0, 0.1) is 11.3 Å². The van der Waals surface area contributed by atoms with E-state index in [0.29, 0.717) is 31.5 Å². The molecule has 1 aliphatic heterocycles. The van der Waals surface area contributed by atoms with Crippen LogP contribution in [0.4, 0.5) is 5.69 Å². The lowest BCUT2D eigenvalue weighted by Gasteiger charge is -2.38. The summed E-state index contributed by atoms with van der Waals surface area (Å²) in [4.78, 5) is 13.4. The first kappa shape index (κ1) is 14.4. The zero-order valence-corrected chi connectivity index (χ0v) is 11.5. The molecule has 1 N–H and O–H groups in total. The van der Waals surface area contributed by atoms with Crippen molar-refractivity contribution in [1.29, 1.82) is 5.26 Å². The number of carbonyl (C=O) groups excluding carboxylic acids is 1. The Morgan fingerprint density at radius 2 is 2.00 bits per heavy atom. The number of ether oxygens (including phenoxy) is 1. The van der Waals surface area contributed by atoms with Crippen LogP contribution in [0.25, 0.3) is 0 Å². The summed E-state index contributed by atoms with van der Waals surface area (Å²) in [6, 6.07) is 9.46. The highest BCUT2D eigenvalue weighted by atomic mass is 16.5. The van der Waals surface area contributed by atoms with Crippen molar-refractivity contribution in [2.75, 3.05) is 25.1 Å². The molecule has 5 heteroatoms. The summed E-state index contributed by atoms with van der Waals surface area (Å²) in [5, 5.41) is 19.1. The minimum absolute atomic E-state index is 0.0463. The number of rotatable bonds is 3. The number of methoxy groups -OCH3 is 1. The molecule has 1 aromatic rings. The summed E-state index contributed by atoms with van der Waals surface area (Å²) in [5.41, 5.74) is 0.702. The van der Waals surface area contributed by atoms with Crippen molar-refractivity contribution in [3.63, 3.8) is 0 Å². The molecule has 1 aliphatic rings. The standard InChI is InChI=1S/C15H18N2O3/c1-20-14(18)10-15(19)6-8-17(9-7-15)13-4-2-12(11-16)3-5-13/h2-5,19H,6-10H2,1H3. The van der Waals surface area contributed by atoms with Gasteiger partial charge in [0.15, 0.2) is 0 Å². The first-order valence-corrected chi connectivity index (χ1v) is 6.61. The van der Waals surface area contributed by atoms with Gasteiger partial charge in [-0.25, -0.2) is 0 Å². The Morgan fingerprint density at radius 3 is 2.50 bits per heavy atom. The maximum Gasteiger partial charge on any atom is 0.308 e. The predicted molar refractivity (Wildman–Crippen MR) is 74.2 cm³/mol. The van der Waals surface area contributed by atoms with E-state index in [-0.39, 0.29) is 12.4 Å². The number of esters is 1. The third-order valence-electron chi connectivity index (χ3n) is 3.76. The van der Waals surface area contributed by atoms with E-state index in [9.17, 15) is 9.90 Å². The number of aliphatic hydroxyl groups is 1. The quantitative estimate of drug-likeness (QED) is 0.845. The largest absolute Gasteiger partial charge is 0.469 e. The zero-order valence-electron chi connectivity index (χ0n) is 11.5. The summed E-state index contributed by atoms with van der Waals surface area (Å²) < 4.78 is 4.61. The summed E-state index contributed by atoms with van der Waals surface area (Å²) in [6.07, 6.45) is 1.11. The molecule has 2 rings (SSSR count). The van der Waals surface area contributed by atoms with Gasteiger partial charge in [0.25, 0.3) is 0 Å². The van der Waals surface area contributed by atoms with Crippen molar-refractivity contribution < 1.29 is 14.6 Å². The minimum atomic E-state index is -0.962. The second-order valence-electron chi connectivity index (χ2n) is 5.12. The Labute approximate surface area is 118 Å². The lowest BCUT2D eigenvalue weighted by molar-refractivity contribution is -0.147. The number of carbonyl (C=O) groups is 1. The second-order valence-corrected chi connectivity index (χ2v) is 5.12. The molecular formula is C15H18N2O3. The van der Waals surface area contributed by atoms with Crippen molar-refractivity contribution in [3.05, 3.63) is 29.8 Å². The average molecular weight is 274 g/mol. The monoisotopic (exact) mass is 274 g/mol. The number of nitriles is 1. The zero-order chi connectivity index (χ0) is 14.6. The molecule has 0 atom stereocenters. The summed E-state index contributed by atoms with van der Waals surface area (Å²) in [6.45, 7) is 1.36. The highest BCUT2D eigenvalue weighted by Gasteiger charge is 2.34. The topological polar surface area (TPSA) is 73.6 Å². The lowest BCUT2D eigenvalue weighted by Crippen LogP contribution is -2.45. The van der Waals surface area contributed by atoms with Crippen LogP contribution >= 0.6 is 0 Å². The molecule has 0 unspecified atom stereocenters. The van der Waals surface area contributed by atoms with Crippen LogP contribution in [0.5, 0.6) is 0 Å². The van der Waals surface area contributed by atoms with Crippen molar-refractivity contribution in [3.8, 4) is 6.07 Å². The van der Waals surface area contributed by atoms with E-state index >= 15 is 0 Å². The van der Waals surface area contributed by atoms with Crippen molar-refractivity contribution in [2.45, 2.75) is 24.9 Å². The van der Waals surface area contributed by atoms with Crippen LogP contribution in [0.3, 0.4) is 0 Å². The van der Waals surface area contributed by atoms with Gasteiger partial charge < -0.3 is 14.7 Å². The molecule has 1 fully saturated rings. The number of anilines is 1. The van der Waals surface area contributed by atoms with E-state index in [4.69, 9.17) is 5.26 Å². The lowest BCUT2D eigenvalue weighted by atomic mass is 9.88. The Morgan fingerprint density at radius 1 is 1.40 bits per heavy atom. The van der Waals surface area contributed by atoms with Gasteiger partial charge in [0.2, 0.25) is 0 Å². The van der Waals surface area contributed by atoms with Gasteiger partial charge in [-0.1, -0.05) is 0 Å².